The summed E-state index contributed by atoms with van der Waals surface area (Å²) in [5.74, 6) is 0.321. The van der Waals surface area contributed by atoms with Crippen molar-refractivity contribution in [3.05, 3.63) is 66.9 Å². The fraction of sp³-hybridized carbons (Fsp3) is 0.211. The number of benzene rings is 1. The van der Waals surface area contributed by atoms with Gasteiger partial charge in [0.1, 0.15) is 12.1 Å². The molecule has 0 unspecified atom stereocenters. The third-order valence-corrected chi connectivity index (χ3v) is 5.42. The van der Waals surface area contributed by atoms with Crippen molar-refractivity contribution < 1.29 is 13.2 Å². The molecule has 8 nitrogen and oxygen atoms in total. The van der Waals surface area contributed by atoms with Crippen molar-refractivity contribution in [1.82, 2.24) is 19.3 Å². The summed E-state index contributed by atoms with van der Waals surface area (Å²) in [5.41, 5.74) is 0.276. The average molecular weight is 399 g/mol. The summed E-state index contributed by atoms with van der Waals surface area (Å²) in [6, 6.07) is 9.24. The van der Waals surface area contributed by atoms with Gasteiger partial charge in [0, 0.05) is 23.5 Å². The summed E-state index contributed by atoms with van der Waals surface area (Å²) < 4.78 is 29.0. The Bertz CT molecular complexity index is 1050. The lowest BCUT2D eigenvalue weighted by Gasteiger charge is -2.20. The van der Waals surface area contributed by atoms with E-state index in [1.54, 1.807) is 62.4 Å². The predicted octanol–water partition coefficient (Wildman–Crippen LogP) is 2.60. The summed E-state index contributed by atoms with van der Waals surface area (Å²) in [7, 11) is -3.64. The molecule has 9 heteroatoms. The zero-order valence-electron chi connectivity index (χ0n) is 15.7. The number of nitrogens with one attached hydrogen (secondary N) is 2. The second-order valence-corrected chi connectivity index (χ2v) is 8.89. The molecule has 0 bridgehead atoms. The van der Waals surface area contributed by atoms with Crippen LogP contribution in [-0.2, 0) is 10.0 Å². The van der Waals surface area contributed by atoms with Gasteiger partial charge in [0.25, 0.3) is 5.91 Å². The molecule has 146 valence electrons. The SMILES string of the molecule is CC(C)(C)NS(=O)(=O)c1ccc(C(=O)Nc2ccc(-n3ccnc3)nc2)cc1. The topological polar surface area (TPSA) is 106 Å². The molecule has 0 aliphatic rings. The number of pyridine rings is 1. The van der Waals surface area contributed by atoms with Crippen LogP contribution in [0.15, 0.2) is 66.2 Å². The maximum atomic E-state index is 12.4. The molecular formula is C19H21N5O3S. The number of amides is 1. The van der Waals surface area contributed by atoms with Crippen LogP contribution < -0.4 is 10.0 Å². The van der Waals surface area contributed by atoms with Gasteiger partial charge >= 0.3 is 0 Å². The molecule has 0 atom stereocenters. The highest BCUT2D eigenvalue weighted by Crippen LogP contribution is 2.16. The molecule has 0 spiro atoms. The van der Waals surface area contributed by atoms with Gasteiger partial charge in [-0.1, -0.05) is 0 Å². The third-order valence-electron chi connectivity index (χ3n) is 3.64. The average Bonchev–Trinajstić information content (AvgIpc) is 3.15. The molecule has 0 saturated carbocycles. The first kappa shape index (κ1) is 19.7. The van der Waals surface area contributed by atoms with E-state index in [-0.39, 0.29) is 10.8 Å². The number of hydrogen-bond acceptors (Lipinski definition) is 5. The first-order chi connectivity index (χ1) is 13.1. The van der Waals surface area contributed by atoms with E-state index < -0.39 is 15.6 Å². The summed E-state index contributed by atoms with van der Waals surface area (Å²) in [6.45, 7) is 5.29. The van der Waals surface area contributed by atoms with Crippen LogP contribution in [0.25, 0.3) is 5.82 Å². The van der Waals surface area contributed by atoms with Crippen LogP contribution in [0.3, 0.4) is 0 Å². The Hall–Kier alpha value is -3.04. The summed E-state index contributed by atoms with van der Waals surface area (Å²) in [4.78, 5) is 20.7. The molecule has 0 radical (unpaired) electrons. The molecule has 3 rings (SSSR count). The lowest BCUT2D eigenvalue weighted by atomic mass is 10.1. The minimum atomic E-state index is -3.64. The van der Waals surface area contributed by atoms with Crippen LogP contribution in [0, 0.1) is 0 Å². The Morgan fingerprint density at radius 1 is 1.07 bits per heavy atom. The Kier molecular flexibility index (Phi) is 5.30. The number of imidazole rings is 1. The van der Waals surface area contributed by atoms with E-state index in [0.29, 0.717) is 17.1 Å². The quantitative estimate of drug-likeness (QED) is 0.686. The van der Waals surface area contributed by atoms with E-state index >= 15 is 0 Å². The van der Waals surface area contributed by atoms with Crippen molar-refractivity contribution in [3.63, 3.8) is 0 Å². The van der Waals surface area contributed by atoms with Crippen molar-refractivity contribution in [3.8, 4) is 5.82 Å². The van der Waals surface area contributed by atoms with Crippen LogP contribution in [0.4, 0.5) is 5.69 Å². The number of carbonyl (C=O) groups excluding carboxylic acids is 1. The largest absolute Gasteiger partial charge is 0.321 e. The number of aromatic nitrogens is 3. The van der Waals surface area contributed by atoms with Gasteiger partial charge in [-0.3, -0.25) is 9.36 Å². The smallest absolute Gasteiger partial charge is 0.255 e. The molecule has 2 aromatic heterocycles. The van der Waals surface area contributed by atoms with Crippen molar-refractivity contribution >= 4 is 21.6 Å². The van der Waals surface area contributed by atoms with Gasteiger partial charge in [-0.2, -0.15) is 0 Å². The molecule has 0 aliphatic carbocycles. The lowest BCUT2D eigenvalue weighted by molar-refractivity contribution is 0.102. The van der Waals surface area contributed by atoms with E-state index in [1.807, 2.05) is 0 Å². The number of sulfonamides is 1. The van der Waals surface area contributed by atoms with Crippen molar-refractivity contribution in [2.24, 2.45) is 0 Å². The molecular weight excluding hydrogens is 378 g/mol. The number of rotatable bonds is 5. The summed E-state index contributed by atoms with van der Waals surface area (Å²) in [6.07, 6.45) is 6.59. The highest BCUT2D eigenvalue weighted by atomic mass is 32.2. The van der Waals surface area contributed by atoms with Crippen LogP contribution in [0.5, 0.6) is 0 Å². The molecule has 28 heavy (non-hydrogen) atoms. The van der Waals surface area contributed by atoms with Crippen molar-refractivity contribution in [2.75, 3.05) is 5.32 Å². The third kappa shape index (κ3) is 4.81. The van der Waals surface area contributed by atoms with E-state index in [9.17, 15) is 13.2 Å². The molecule has 3 aromatic rings. The second kappa shape index (κ2) is 7.53. The van der Waals surface area contributed by atoms with E-state index in [4.69, 9.17) is 0 Å². The maximum absolute atomic E-state index is 12.4. The van der Waals surface area contributed by atoms with Crippen molar-refractivity contribution in [2.45, 2.75) is 31.2 Å². The zero-order valence-corrected chi connectivity index (χ0v) is 16.6. The van der Waals surface area contributed by atoms with E-state index in [2.05, 4.69) is 20.0 Å². The van der Waals surface area contributed by atoms with E-state index in [1.165, 1.54) is 24.3 Å². The number of nitrogens with zero attached hydrogens (tertiary/aromatic N) is 3. The molecule has 1 amide bonds. The van der Waals surface area contributed by atoms with Gasteiger partial charge in [-0.15, -0.1) is 0 Å². The first-order valence-electron chi connectivity index (χ1n) is 8.54. The Morgan fingerprint density at radius 3 is 2.32 bits per heavy atom. The van der Waals surface area contributed by atoms with Gasteiger partial charge in [-0.25, -0.2) is 23.1 Å². The molecule has 2 N–H and O–H groups in total. The predicted molar refractivity (Wildman–Crippen MR) is 106 cm³/mol. The molecule has 0 fully saturated rings. The maximum Gasteiger partial charge on any atom is 0.255 e. The van der Waals surface area contributed by atoms with Crippen LogP contribution >= 0.6 is 0 Å². The summed E-state index contributed by atoms with van der Waals surface area (Å²) >= 11 is 0. The second-order valence-electron chi connectivity index (χ2n) is 7.21. The highest BCUT2D eigenvalue weighted by Gasteiger charge is 2.22. The normalized spacial score (nSPS) is 12.0. The van der Waals surface area contributed by atoms with Gasteiger partial charge in [-0.05, 0) is 57.2 Å². The fourth-order valence-corrected chi connectivity index (χ4v) is 3.88. The molecule has 1 aromatic carbocycles. The van der Waals surface area contributed by atoms with Gasteiger partial charge in [0.2, 0.25) is 10.0 Å². The standard InChI is InChI=1S/C19H21N5O3S/c1-19(2,3)23-28(26,27)16-7-4-14(5-8-16)18(25)22-15-6-9-17(21-12-15)24-11-10-20-13-24/h4-13,23H,1-3H3,(H,22,25). The fourth-order valence-electron chi connectivity index (χ4n) is 2.46. The Balaban J connectivity index is 1.70. The Labute approximate surface area is 163 Å². The number of carbonyl (C=O) groups is 1. The monoisotopic (exact) mass is 399 g/mol. The van der Waals surface area contributed by atoms with Crippen LogP contribution in [-0.4, -0.2) is 34.4 Å². The van der Waals surface area contributed by atoms with Gasteiger partial charge < -0.3 is 5.32 Å². The number of anilines is 1. The molecule has 2 heterocycles. The summed E-state index contributed by atoms with van der Waals surface area (Å²) in [5, 5.41) is 2.74. The lowest BCUT2D eigenvalue weighted by Crippen LogP contribution is -2.40. The molecule has 0 aliphatic heterocycles. The minimum absolute atomic E-state index is 0.102. The minimum Gasteiger partial charge on any atom is -0.321 e. The van der Waals surface area contributed by atoms with Crippen molar-refractivity contribution in [1.29, 1.82) is 0 Å². The highest BCUT2D eigenvalue weighted by molar-refractivity contribution is 7.89. The molecule has 0 saturated heterocycles. The Morgan fingerprint density at radius 2 is 1.79 bits per heavy atom. The van der Waals surface area contributed by atoms with Crippen LogP contribution in [0.1, 0.15) is 31.1 Å². The first-order valence-corrected chi connectivity index (χ1v) is 10.0. The van der Waals surface area contributed by atoms with Gasteiger partial charge in [0.05, 0.1) is 16.8 Å². The van der Waals surface area contributed by atoms with Gasteiger partial charge in [0.15, 0.2) is 0 Å². The zero-order chi connectivity index (χ0) is 20.4. The van der Waals surface area contributed by atoms with E-state index in [0.717, 1.165) is 0 Å². The number of hydrogen-bond donors (Lipinski definition) is 2. The van der Waals surface area contributed by atoms with Crippen LogP contribution in [0.2, 0.25) is 0 Å².